The minimum atomic E-state index is -0.169. The summed E-state index contributed by atoms with van der Waals surface area (Å²) in [5.74, 6) is -0.0837. The molecule has 0 unspecified atom stereocenters. The number of nitrogens with zero attached hydrogens (tertiary/aromatic N) is 2. The molecule has 0 aromatic carbocycles. The van der Waals surface area contributed by atoms with Gasteiger partial charge in [0.2, 0.25) is 5.91 Å². The van der Waals surface area contributed by atoms with Crippen LogP contribution in [0.3, 0.4) is 0 Å². The molecule has 2 N–H and O–H groups in total. The van der Waals surface area contributed by atoms with Crippen LogP contribution in [0.2, 0.25) is 0 Å². The zero-order valence-corrected chi connectivity index (χ0v) is 13.6. The summed E-state index contributed by atoms with van der Waals surface area (Å²) in [7, 11) is 0. The Kier molecular flexibility index (Phi) is 4.46. The largest absolute Gasteiger partial charge is 0.374 e. The summed E-state index contributed by atoms with van der Waals surface area (Å²) in [6, 6.07) is 5.86. The fourth-order valence-corrected chi connectivity index (χ4v) is 2.71. The van der Waals surface area contributed by atoms with Gasteiger partial charge in [-0.1, -0.05) is 13.5 Å². The summed E-state index contributed by atoms with van der Waals surface area (Å²) in [5.41, 5.74) is 3.28. The molecule has 3 rings (SSSR count). The number of amides is 1. The lowest BCUT2D eigenvalue weighted by atomic mass is 10.1. The fraction of sp³-hybridized carbons (Fsp3) is 0.278. The molecule has 124 valence electrons. The lowest BCUT2D eigenvalue weighted by Crippen LogP contribution is -2.56. The highest BCUT2D eigenvalue weighted by Crippen LogP contribution is 2.21. The van der Waals surface area contributed by atoms with Crippen LogP contribution in [0.4, 0.5) is 5.69 Å². The number of nitrogens with one attached hydrogen (secondary N) is 2. The Bertz CT molecular complexity index is 822. The van der Waals surface area contributed by atoms with E-state index in [1.807, 2.05) is 18.2 Å². The summed E-state index contributed by atoms with van der Waals surface area (Å²) in [5, 5.41) is 3.21. The lowest BCUT2D eigenvalue weighted by molar-refractivity contribution is -0.129. The summed E-state index contributed by atoms with van der Waals surface area (Å²) in [6.07, 6.45) is 5.64. The molecule has 1 aliphatic rings. The second-order valence-corrected chi connectivity index (χ2v) is 5.81. The Balaban J connectivity index is 1.76. The van der Waals surface area contributed by atoms with E-state index in [0.29, 0.717) is 18.8 Å². The predicted molar refractivity (Wildman–Crippen MR) is 93.9 cm³/mol. The summed E-state index contributed by atoms with van der Waals surface area (Å²) in [6.45, 7) is 6.67. The molecule has 2 aromatic rings. The van der Waals surface area contributed by atoms with Gasteiger partial charge in [-0.15, -0.1) is 0 Å². The van der Waals surface area contributed by atoms with E-state index in [1.165, 1.54) is 6.08 Å². The monoisotopic (exact) mass is 324 g/mol. The van der Waals surface area contributed by atoms with Gasteiger partial charge in [0.15, 0.2) is 0 Å². The molecule has 0 bridgehead atoms. The van der Waals surface area contributed by atoms with Crippen molar-refractivity contribution in [3.8, 4) is 11.1 Å². The van der Waals surface area contributed by atoms with Gasteiger partial charge in [-0.2, -0.15) is 0 Å². The van der Waals surface area contributed by atoms with Crippen molar-refractivity contribution in [1.29, 1.82) is 0 Å². The van der Waals surface area contributed by atoms with Gasteiger partial charge in [0.1, 0.15) is 5.69 Å². The molecule has 2 aromatic heterocycles. The molecule has 1 fully saturated rings. The third kappa shape index (κ3) is 3.22. The predicted octanol–water partition coefficient (Wildman–Crippen LogP) is 1.81. The summed E-state index contributed by atoms with van der Waals surface area (Å²) in [4.78, 5) is 32.3. The normalized spacial score (nSPS) is 14.1. The van der Waals surface area contributed by atoms with Crippen molar-refractivity contribution in [1.82, 2.24) is 14.9 Å². The van der Waals surface area contributed by atoms with Crippen LogP contribution in [0.5, 0.6) is 0 Å². The molecule has 3 heterocycles. The van der Waals surface area contributed by atoms with Gasteiger partial charge >= 0.3 is 0 Å². The van der Waals surface area contributed by atoms with Gasteiger partial charge in [-0.05, 0) is 36.3 Å². The van der Waals surface area contributed by atoms with Crippen molar-refractivity contribution in [2.75, 3.05) is 18.4 Å². The molecule has 6 nitrogen and oxygen atoms in total. The first-order chi connectivity index (χ1) is 11.6. The van der Waals surface area contributed by atoms with E-state index in [2.05, 4.69) is 28.8 Å². The van der Waals surface area contributed by atoms with Gasteiger partial charge in [0.05, 0.1) is 6.04 Å². The van der Waals surface area contributed by atoms with Crippen molar-refractivity contribution in [3.05, 3.63) is 59.3 Å². The maximum Gasteiger partial charge on any atom is 0.271 e. The molecule has 0 atom stereocenters. The van der Waals surface area contributed by atoms with E-state index in [0.717, 1.165) is 23.2 Å². The third-order valence-electron chi connectivity index (χ3n) is 4.14. The van der Waals surface area contributed by atoms with Crippen molar-refractivity contribution >= 4 is 11.6 Å². The van der Waals surface area contributed by atoms with Crippen LogP contribution in [0.15, 0.2) is 48.0 Å². The topological polar surface area (TPSA) is 78.1 Å². The molecule has 0 saturated carbocycles. The molecular weight excluding hydrogens is 304 g/mol. The van der Waals surface area contributed by atoms with Crippen molar-refractivity contribution in [2.24, 2.45) is 0 Å². The quantitative estimate of drug-likeness (QED) is 0.822. The van der Waals surface area contributed by atoms with Crippen LogP contribution >= 0.6 is 0 Å². The maximum atomic E-state index is 12.0. The minimum Gasteiger partial charge on any atom is -0.374 e. The van der Waals surface area contributed by atoms with E-state index < -0.39 is 0 Å². The van der Waals surface area contributed by atoms with Gasteiger partial charge in [0, 0.05) is 36.7 Å². The average molecular weight is 324 g/mol. The minimum absolute atomic E-state index is 0.0777. The molecular formula is C18H20N4O2. The van der Waals surface area contributed by atoms with E-state index in [1.54, 1.807) is 17.3 Å². The molecule has 1 aliphatic heterocycles. The number of pyridine rings is 2. The summed E-state index contributed by atoms with van der Waals surface area (Å²) < 4.78 is 0. The van der Waals surface area contributed by atoms with Gasteiger partial charge in [-0.3, -0.25) is 14.6 Å². The molecule has 0 radical (unpaired) electrons. The van der Waals surface area contributed by atoms with Gasteiger partial charge < -0.3 is 15.2 Å². The first-order valence-electron chi connectivity index (χ1n) is 7.96. The first kappa shape index (κ1) is 16.0. The van der Waals surface area contributed by atoms with Crippen LogP contribution < -0.4 is 10.9 Å². The molecule has 24 heavy (non-hydrogen) atoms. The van der Waals surface area contributed by atoms with Crippen LogP contribution in [-0.4, -0.2) is 39.9 Å². The number of aromatic amines is 1. The highest BCUT2D eigenvalue weighted by Gasteiger charge is 2.29. The average Bonchev–Trinajstić information content (AvgIpc) is 2.58. The number of likely N-dealkylation sites (tertiary alicyclic amines) is 1. The van der Waals surface area contributed by atoms with Gasteiger partial charge in [0.25, 0.3) is 5.56 Å². The van der Waals surface area contributed by atoms with Crippen molar-refractivity contribution in [3.63, 3.8) is 0 Å². The zero-order chi connectivity index (χ0) is 17.1. The fourth-order valence-electron chi connectivity index (χ4n) is 2.71. The number of aryl methyl sites for hydroxylation is 1. The lowest BCUT2D eigenvalue weighted by Gasteiger charge is -2.39. The first-order valence-corrected chi connectivity index (χ1v) is 7.96. The zero-order valence-electron chi connectivity index (χ0n) is 13.6. The molecule has 0 aliphatic carbocycles. The van der Waals surface area contributed by atoms with Gasteiger partial charge in [-0.25, -0.2) is 0 Å². The number of aromatic nitrogens is 2. The molecule has 0 spiro atoms. The van der Waals surface area contributed by atoms with Crippen LogP contribution in [0.25, 0.3) is 11.1 Å². The Morgan fingerprint density at radius 1 is 1.46 bits per heavy atom. The smallest absolute Gasteiger partial charge is 0.271 e. The highest BCUT2D eigenvalue weighted by molar-refractivity contribution is 5.87. The molecule has 1 amide bonds. The van der Waals surface area contributed by atoms with Crippen LogP contribution in [0.1, 0.15) is 12.6 Å². The molecule has 1 saturated heterocycles. The summed E-state index contributed by atoms with van der Waals surface area (Å²) >= 11 is 0. The van der Waals surface area contributed by atoms with Crippen molar-refractivity contribution in [2.45, 2.75) is 19.4 Å². The second-order valence-electron chi connectivity index (χ2n) is 5.81. The number of rotatable bonds is 5. The van der Waals surface area contributed by atoms with Crippen LogP contribution in [0, 0.1) is 0 Å². The van der Waals surface area contributed by atoms with E-state index in [4.69, 9.17) is 0 Å². The second kappa shape index (κ2) is 6.70. The Labute approximate surface area is 140 Å². The third-order valence-corrected chi connectivity index (χ3v) is 4.14. The Morgan fingerprint density at radius 3 is 2.96 bits per heavy atom. The number of hydrogen-bond acceptors (Lipinski definition) is 4. The van der Waals surface area contributed by atoms with E-state index >= 15 is 0 Å². The molecule has 6 heteroatoms. The number of carbonyl (C=O) groups excluding carboxylic acids is 1. The van der Waals surface area contributed by atoms with Crippen molar-refractivity contribution < 1.29 is 4.79 Å². The van der Waals surface area contributed by atoms with E-state index in [9.17, 15) is 9.59 Å². The maximum absolute atomic E-state index is 12.0. The number of hydrogen-bond donors (Lipinski definition) is 2. The Morgan fingerprint density at radius 2 is 2.25 bits per heavy atom. The number of anilines is 1. The van der Waals surface area contributed by atoms with Crippen LogP contribution in [-0.2, 0) is 11.2 Å². The Hall–Kier alpha value is -2.89. The number of carbonyl (C=O) groups is 1. The SMILES string of the molecule is C=CC(=O)N1CC(Nc2cc(-c3ccnc(CC)c3)c[nH]c2=O)C1. The standard InChI is InChI=1S/C18H20N4O2/c1-3-14-7-12(5-6-19-14)13-8-16(18(24)20-9-13)21-15-10-22(11-15)17(23)4-2/h4-9,15,21H,2-3,10-11H2,1H3,(H,20,24). The highest BCUT2D eigenvalue weighted by atomic mass is 16.2. The number of H-pyrrole nitrogens is 1. The van der Waals surface area contributed by atoms with E-state index in [-0.39, 0.29) is 17.5 Å².